The predicted molar refractivity (Wildman–Crippen MR) is 73.2 cm³/mol. The molecule has 0 saturated carbocycles. The van der Waals surface area contributed by atoms with Crippen LogP contribution < -0.4 is 0 Å². The van der Waals surface area contributed by atoms with Crippen LogP contribution in [0.15, 0.2) is 36.5 Å². The number of nitrogens with zero attached hydrogens (tertiary/aromatic N) is 4. The van der Waals surface area contributed by atoms with Crippen LogP contribution in [0.3, 0.4) is 0 Å². The van der Waals surface area contributed by atoms with Gasteiger partial charge in [0.05, 0.1) is 16.7 Å². The summed E-state index contributed by atoms with van der Waals surface area (Å²) >= 11 is 12.1. The maximum absolute atomic E-state index is 8.86. The molecule has 0 bridgehead atoms. The van der Waals surface area contributed by atoms with Gasteiger partial charge in [-0.25, -0.2) is 0 Å². The zero-order chi connectivity index (χ0) is 13.4. The van der Waals surface area contributed by atoms with E-state index in [4.69, 9.17) is 28.5 Å². The lowest BCUT2D eigenvalue weighted by atomic mass is 10.2. The van der Waals surface area contributed by atoms with Crippen molar-refractivity contribution in [3.05, 3.63) is 52.1 Å². The van der Waals surface area contributed by atoms with Crippen LogP contribution in [-0.4, -0.2) is 14.6 Å². The van der Waals surface area contributed by atoms with Gasteiger partial charge in [-0.15, -0.1) is 10.2 Å². The first kappa shape index (κ1) is 12.0. The molecule has 0 atom stereocenters. The summed E-state index contributed by atoms with van der Waals surface area (Å²) in [5.74, 6) is 0.590. The molecule has 4 nitrogen and oxygen atoms in total. The topological polar surface area (TPSA) is 54.0 Å². The molecule has 2 aromatic heterocycles. The highest BCUT2D eigenvalue weighted by molar-refractivity contribution is 6.35. The van der Waals surface area contributed by atoms with E-state index < -0.39 is 0 Å². The van der Waals surface area contributed by atoms with Crippen molar-refractivity contribution >= 4 is 28.8 Å². The molecule has 0 aliphatic heterocycles. The Labute approximate surface area is 118 Å². The van der Waals surface area contributed by atoms with E-state index >= 15 is 0 Å². The van der Waals surface area contributed by atoms with Gasteiger partial charge in [0.15, 0.2) is 11.5 Å². The Morgan fingerprint density at radius 3 is 2.74 bits per heavy atom. The molecule has 0 aliphatic carbocycles. The van der Waals surface area contributed by atoms with E-state index in [1.807, 2.05) is 0 Å². The van der Waals surface area contributed by atoms with Gasteiger partial charge >= 0.3 is 0 Å². The summed E-state index contributed by atoms with van der Waals surface area (Å²) in [7, 11) is 0. The van der Waals surface area contributed by atoms with Crippen molar-refractivity contribution in [2.45, 2.75) is 0 Å². The van der Waals surface area contributed by atoms with Crippen molar-refractivity contribution in [1.29, 1.82) is 5.26 Å². The van der Waals surface area contributed by atoms with Crippen LogP contribution in [0.1, 0.15) is 5.56 Å². The normalized spacial score (nSPS) is 10.6. The van der Waals surface area contributed by atoms with Crippen molar-refractivity contribution < 1.29 is 0 Å². The Kier molecular flexibility index (Phi) is 2.86. The Morgan fingerprint density at radius 1 is 1.11 bits per heavy atom. The van der Waals surface area contributed by atoms with Gasteiger partial charge in [0.1, 0.15) is 0 Å². The SMILES string of the molecule is N#Cc1ccn2c(-c3cc(Cl)ccc3Cl)nnc2c1. The van der Waals surface area contributed by atoms with Crippen molar-refractivity contribution in [3.63, 3.8) is 0 Å². The van der Waals surface area contributed by atoms with E-state index in [1.165, 1.54) is 0 Å². The second kappa shape index (κ2) is 4.54. The molecule has 0 N–H and O–H groups in total. The lowest BCUT2D eigenvalue weighted by molar-refractivity contribution is 1.11. The van der Waals surface area contributed by atoms with Gasteiger partial charge in [0.25, 0.3) is 0 Å². The Balaban J connectivity index is 2.26. The molecule has 0 saturated heterocycles. The Bertz CT molecular complexity index is 817. The summed E-state index contributed by atoms with van der Waals surface area (Å²) in [5, 5.41) is 18.1. The lowest BCUT2D eigenvalue weighted by Crippen LogP contribution is -1.90. The number of nitriles is 1. The fourth-order valence-electron chi connectivity index (χ4n) is 1.81. The van der Waals surface area contributed by atoms with Gasteiger partial charge in [0, 0.05) is 22.8 Å². The third-order valence-electron chi connectivity index (χ3n) is 2.71. The number of halogens is 2. The van der Waals surface area contributed by atoms with Crippen molar-refractivity contribution in [3.8, 4) is 17.5 Å². The molecule has 0 aliphatic rings. The zero-order valence-electron chi connectivity index (χ0n) is 9.51. The number of aromatic nitrogens is 3. The summed E-state index contributed by atoms with van der Waals surface area (Å²) in [6, 6.07) is 10.6. The number of fused-ring (bicyclic) bond motifs is 1. The van der Waals surface area contributed by atoms with Crippen molar-refractivity contribution in [2.75, 3.05) is 0 Å². The van der Waals surface area contributed by atoms with Crippen LogP contribution >= 0.6 is 23.2 Å². The van der Waals surface area contributed by atoms with E-state index in [2.05, 4.69) is 16.3 Å². The molecule has 3 aromatic rings. The Morgan fingerprint density at radius 2 is 1.95 bits per heavy atom. The average Bonchev–Trinajstić information content (AvgIpc) is 2.84. The maximum atomic E-state index is 8.86. The minimum atomic E-state index is 0.531. The predicted octanol–water partition coefficient (Wildman–Crippen LogP) is 3.57. The molecule has 0 spiro atoms. The molecular formula is C13H6Cl2N4. The highest BCUT2D eigenvalue weighted by atomic mass is 35.5. The molecule has 2 heterocycles. The number of rotatable bonds is 1. The van der Waals surface area contributed by atoms with Crippen LogP contribution in [0.4, 0.5) is 0 Å². The van der Waals surface area contributed by atoms with E-state index in [1.54, 1.807) is 40.9 Å². The smallest absolute Gasteiger partial charge is 0.169 e. The van der Waals surface area contributed by atoms with Gasteiger partial charge in [-0.2, -0.15) is 5.26 Å². The van der Waals surface area contributed by atoms with E-state index in [0.717, 1.165) is 0 Å². The first-order valence-corrected chi connectivity index (χ1v) is 6.15. The van der Waals surface area contributed by atoms with E-state index in [-0.39, 0.29) is 0 Å². The third-order valence-corrected chi connectivity index (χ3v) is 3.27. The molecule has 0 amide bonds. The zero-order valence-corrected chi connectivity index (χ0v) is 11.0. The molecule has 6 heteroatoms. The molecule has 1 aromatic carbocycles. The fourth-order valence-corrected chi connectivity index (χ4v) is 2.19. The fraction of sp³-hybridized carbons (Fsp3) is 0. The van der Waals surface area contributed by atoms with Crippen molar-refractivity contribution in [1.82, 2.24) is 14.6 Å². The van der Waals surface area contributed by atoms with Crippen LogP contribution in [0, 0.1) is 11.3 Å². The van der Waals surface area contributed by atoms with E-state index in [0.29, 0.717) is 32.6 Å². The molecule has 0 fully saturated rings. The van der Waals surface area contributed by atoms with Crippen LogP contribution in [0.5, 0.6) is 0 Å². The van der Waals surface area contributed by atoms with Crippen LogP contribution in [0.2, 0.25) is 10.0 Å². The first-order chi connectivity index (χ1) is 9.19. The van der Waals surface area contributed by atoms with Gasteiger partial charge < -0.3 is 0 Å². The molecule has 0 unspecified atom stereocenters. The third kappa shape index (κ3) is 2.03. The summed E-state index contributed by atoms with van der Waals surface area (Å²) in [6.45, 7) is 0. The number of hydrogen-bond donors (Lipinski definition) is 0. The second-order valence-electron chi connectivity index (χ2n) is 3.90. The quantitative estimate of drug-likeness (QED) is 0.688. The van der Waals surface area contributed by atoms with Crippen LogP contribution in [-0.2, 0) is 0 Å². The summed E-state index contributed by atoms with van der Waals surface area (Å²) in [6.07, 6.45) is 1.74. The minimum absolute atomic E-state index is 0.531. The van der Waals surface area contributed by atoms with Gasteiger partial charge in [-0.1, -0.05) is 23.2 Å². The van der Waals surface area contributed by atoms with Crippen LogP contribution in [0.25, 0.3) is 17.0 Å². The molecule has 3 rings (SSSR count). The summed E-state index contributed by atoms with van der Waals surface area (Å²) in [4.78, 5) is 0. The number of benzene rings is 1. The number of hydrogen-bond acceptors (Lipinski definition) is 3. The second-order valence-corrected chi connectivity index (χ2v) is 4.75. The monoisotopic (exact) mass is 288 g/mol. The Hall–Kier alpha value is -2.09. The van der Waals surface area contributed by atoms with Gasteiger partial charge in [-0.05, 0) is 24.3 Å². The molecule has 19 heavy (non-hydrogen) atoms. The van der Waals surface area contributed by atoms with Gasteiger partial charge in [0.2, 0.25) is 0 Å². The summed E-state index contributed by atoms with van der Waals surface area (Å²) in [5.41, 5.74) is 1.82. The maximum Gasteiger partial charge on any atom is 0.169 e. The van der Waals surface area contributed by atoms with Gasteiger partial charge in [-0.3, -0.25) is 4.40 Å². The summed E-state index contributed by atoms with van der Waals surface area (Å²) < 4.78 is 1.76. The lowest BCUT2D eigenvalue weighted by Gasteiger charge is -2.03. The highest BCUT2D eigenvalue weighted by Crippen LogP contribution is 2.29. The highest BCUT2D eigenvalue weighted by Gasteiger charge is 2.12. The molecule has 92 valence electrons. The minimum Gasteiger partial charge on any atom is -0.282 e. The first-order valence-electron chi connectivity index (χ1n) is 5.39. The molecular weight excluding hydrogens is 283 g/mol. The average molecular weight is 289 g/mol. The number of pyridine rings is 1. The van der Waals surface area contributed by atoms with E-state index in [9.17, 15) is 0 Å². The standard InChI is InChI=1S/C13H6Cl2N4/c14-9-1-2-11(15)10(6-9)13-18-17-12-5-8(7-16)3-4-19(12)13/h1-6H. The molecule has 0 radical (unpaired) electrons. The van der Waals surface area contributed by atoms with Crippen molar-refractivity contribution in [2.24, 2.45) is 0 Å². The largest absolute Gasteiger partial charge is 0.282 e.